The molecule has 3 N–H and O–H groups in total. The Morgan fingerprint density at radius 2 is 2.11 bits per heavy atom. The Balaban J connectivity index is 1.56. The van der Waals surface area contributed by atoms with Crippen molar-refractivity contribution in [3.05, 3.63) is 0 Å². The van der Waals surface area contributed by atoms with E-state index < -0.39 is 0 Å². The fourth-order valence-corrected chi connectivity index (χ4v) is 3.92. The van der Waals surface area contributed by atoms with E-state index in [2.05, 4.69) is 24.2 Å². The van der Waals surface area contributed by atoms with Crippen molar-refractivity contribution in [2.45, 2.75) is 58.1 Å². The molecular formula is C15H27N3O. The van der Waals surface area contributed by atoms with Gasteiger partial charge in [-0.3, -0.25) is 4.99 Å². The molecule has 19 heavy (non-hydrogen) atoms. The maximum atomic E-state index is 6.05. The Morgan fingerprint density at radius 3 is 2.79 bits per heavy atom. The molecule has 3 fully saturated rings. The van der Waals surface area contributed by atoms with Gasteiger partial charge in [-0.15, -0.1) is 0 Å². The van der Waals surface area contributed by atoms with Crippen LogP contribution < -0.4 is 11.1 Å². The largest absolute Gasteiger partial charge is 0.377 e. The van der Waals surface area contributed by atoms with Gasteiger partial charge in [0.05, 0.1) is 6.10 Å². The van der Waals surface area contributed by atoms with Gasteiger partial charge in [0.1, 0.15) is 0 Å². The summed E-state index contributed by atoms with van der Waals surface area (Å²) in [4.78, 5) is 4.51. The van der Waals surface area contributed by atoms with E-state index >= 15 is 0 Å². The van der Waals surface area contributed by atoms with Crippen LogP contribution in [-0.2, 0) is 4.74 Å². The fraction of sp³-hybridized carbons (Fsp3) is 0.933. The number of aliphatic imine (C=N–C) groups is 1. The second-order valence-electron chi connectivity index (χ2n) is 7.06. The molecule has 1 heterocycles. The first-order valence-electron chi connectivity index (χ1n) is 7.77. The summed E-state index contributed by atoms with van der Waals surface area (Å²) < 4.78 is 5.91. The lowest BCUT2D eigenvalue weighted by Gasteiger charge is -2.60. The summed E-state index contributed by atoms with van der Waals surface area (Å²) in [5.74, 6) is 2.02. The molecular weight excluding hydrogens is 238 g/mol. The minimum atomic E-state index is 0.168. The number of nitrogens with two attached hydrogens (primary N) is 1. The molecule has 0 aromatic rings. The molecule has 3 unspecified atom stereocenters. The maximum absolute atomic E-state index is 6.05. The summed E-state index contributed by atoms with van der Waals surface area (Å²) in [5.41, 5.74) is 6.22. The molecule has 108 valence electrons. The van der Waals surface area contributed by atoms with Crippen LogP contribution in [-0.4, -0.2) is 31.3 Å². The molecule has 0 aromatic heterocycles. The predicted molar refractivity (Wildman–Crippen MR) is 77.0 cm³/mol. The van der Waals surface area contributed by atoms with E-state index in [9.17, 15) is 0 Å². The lowest BCUT2D eigenvalue weighted by molar-refractivity contribution is -0.188. The summed E-state index contributed by atoms with van der Waals surface area (Å²) in [7, 11) is 0. The van der Waals surface area contributed by atoms with Crippen LogP contribution in [0.4, 0.5) is 0 Å². The zero-order chi connectivity index (χ0) is 13.5. The van der Waals surface area contributed by atoms with Crippen LogP contribution in [0.5, 0.6) is 0 Å². The van der Waals surface area contributed by atoms with Crippen LogP contribution in [0.25, 0.3) is 0 Å². The third-order valence-corrected chi connectivity index (χ3v) is 5.38. The number of hydrogen-bond acceptors (Lipinski definition) is 2. The highest BCUT2D eigenvalue weighted by Crippen LogP contribution is 2.51. The highest BCUT2D eigenvalue weighted by molar-refractivity contribution is 5.78. The molecule has 4 heteroatoms. The van der Waals surface area contributed by atoms with Gasteiger partial charge in [0.25, 0.3) is 0 Å². The quantitative estimate of drug-likeness (QED) is 0.605. The molecule has 3 aliphatic rings. The van der Waals surface area contributed by atoms with Gasteiger partial charge in [-0.2, -0.15) is 0 Å². The van der Waals surface area contributed by atoms with E-state index in [1.165, 1.54) is 32.1 Å². The Morgan fingerprint density at radius 1 is 1.32 bits per heavy atom. The molecule has 1 aliphatic heterocycles. The van der Waals surface area contributed by atoms with Crippen molar-refractivity contribution in [1.29, 1.82) is 0 Å². The van der Waals surface area contributed by atoms with Gasteiger partial charge in [0, 0.05) is 30.5 Å². The average molecular weight is 265 g/mol. The van der Waals surface area contributed by atoms with Crippen LogP contribution >= 0.6 is 0 Å². The SMILES string of the molecule is CC1(C)C(NC(N)=NCC2CCC2)C2CCCOC21. The van der Waals surface area contributed by atoms with Crippen LogP contribution in [0.2, 0.25) is 0 Å². The summed E-state index contributed by atoms with van der Waals surface area (Å²) in [6.45, 7) is 6.37. The number of nitrogens with one attached hydrogen (secondary N) is 1. The Kier molecular flexibility index (Phi) is 3.46. The van der Waals surface area contributed by atoms with Crippen molar-refractivity contribution in [3.8, 4) is 0 Å². The Bertz CT molecular complexity index is 362. The molecule has 1 saturated heterocycles. The maximum Gasteiger partial charge on any atom is 0.188 e. The van der Waals surface area contributed by atoms with Gasteiger partial charge in [-0.25, -0.2) is 0 Å². The first kappa shape index (κ1) is 13.2. The number of nitrogens with zero attached hydrogens (tertiary/aromatic N) is 1. The molecule has 2 aliphatic carbocycles. The van der Waals surface area contributed by atoms with Gasteiger partial charge in [-0.05, 0) is 31.6 Å². The lowest BCUT2D eigenvalue weighted by atomic mass is 9.55. The number of hydrogen-bond donors (Lipinski definition) is 2. The predicted octanol–water partition coefficient (Wildman–Crippen LogP) is 1.89. The van der Waals surface area contributed by atoms with Gasteiger partial charge in [0.15, 0.2) is 5.96 Å². The van der Waals surface area contributed by atoms with Crippen molar-refractivity contribution in [1.82, 2.24) is 5.32 Å². The first-order chi connectivity index (χ1) is 9.09. The molecule has 0 bridgehead atoms. The molecule has 4 nitrogen and oxygen atoms in total. The summed E-state index contributed by atoms with van der Waals surface area (Å²) in [5, 5.41) is 3.46. The number of guanidine groups is 1. The van der Waals surface area contributed by atoms with Gasteiger partial charge in [-0.1, -0.05) is 20.3 Å². The van der Waals surface area contributed by atoms with E-state index in [1.807, 2.05) is 0 Å². The zero-order valence-corrected chi connectivity index (χ0v) is 12.2. The molecule has 0 radical (unpaired) electrons. The summed E-state index contributed by atoms with van der Waals surface area (Å²) >= 11 is 0. The van der Waals surface area contributed by atoms with Gasteiger partial charge < -0.3 is 15.8 Å². The van der Waals surface area contributed by atoms with Gasteiger partial charge in [0.2, 0.25) is 0 Å². The summed E-state index contributed by atoms with van der Waals surface area (Å²) in [6, 6.07) is 0.419. The molecule has 3 rings (SSSR count). The first-order valence-corrected chi connectivity index (χ1v) is 7.77. The van der Waals surface area contributed by atoms with Crippen LogP contribution in [0.3, 0.4) is 0 Å². The van der Waals surface area contributed by atoms with Crippen molar-refractivity contribution in [2.75, 3.05) is 13.2 Å². The van der Waals surface area contributed by atoms with Crippen molar-refractivity contribution in [3.63, 3.8) is 0 Å². The normalized spacial score (nSPS) is 38.0. The topological polar surface area (TPSA) is 59.6 Å². The van der Waals surface area contributed by atoms with Crippen LogP contribution in [0, 0.1) is 17.3 Å². The highest BCUT2D eigenvalue weighted by Gasteiger charge is 2.58. The van der Waals surface area contributed by atoms with Crippen molar-refractivity contribution >= 4 is 5.96 Å². The van der Waals surface area contributed by atoms with E-state index in [-0.39, 0.29) is 5.41 Å². The number of rotatable bonds is 3. The fourth-order valence-electron chi connectivity index (χ4n) is 3.92. The standard InChI is InChI=1S/C15H27N3O/c1-15(2)12(11-7-4-8-19-13(11)15)18-14(16)17-9-10-5-3-6-10/h10-13H,3-9H2,1-2H3,(H3,16,17,18). The van der Waals surface area contributed by atoms with Crippen molar-refractivity contribution in [2.24, 2.45) is 28.0 Å². The molecule has 0 amide bonds. The highest BCUT2D eigenvalue weighted by atomic mass is 16.5. The van der Waals surface area contributed by atoms with Crippen LogP contribution in [0.1, 0.15) is 46.0 Å². The zero-order valence-electron chi connectivity index (χ0n) is 12.2. The van der Waals surface area contributed by atoms with Crippen LogP contribution in [0.15, 0.2) is 4.99 Å². The molecule has 3 atom stereocenters. The monoisotopic (exact) mass is 265 g/mol. The number of fused-ring (bicyclic) bond motifs is 1. The average Bonchev–Trinajstić information content (AvgIpc) is 2.34. The minimum Gasteiger partial charge on any atom is -0.377 e. The lowest BCUT2D eigenvalue weighted by Crippen LogP contribution is -2.70. The third kappa shape index (κ3) is 2.35. The second-order valence-corrected chi connectivity index (χ2v) is 7.06. The number of ether oxygens (including phenoxy) is 1. The Hall–Kier alpha value is -0.770. The summed E-state index contributed by atoms with van der Waals surface area (Å²) in [6.07, 6.45) is 6.84. The molecule has 2 saturated carbocycles. The van der Waals surface area contributed by atoms with Gasteiger partial charge >= 0.3 is 0 Å². The minimum absolute atomic E-state index is 0.168. The second kappa shape index (κ2) is 4.97. The smallest absolute Gasteiger partial charge is 0.188 e. The van der Waals surface area contributed by atoms with E-state index in [1.54, 1.807) is 0 Å². The van der Waals surface area contributed by atoms with Crippen molar-refractivity contribution < 1.29 is 4.74 Å². The van der Waals surface area contributed by atoms with E-state index in [0.717, 1.165) is 19.1 Å². The molecule has 0 spiro atoms. The third-order valence-electron chi connectivity index (χ3n) is 5.38. The Labute approximate surface area is 116 Å². The molecule has 0 aromatic carbocycles. The van der Waals surface area contributed by atoms with E-state index in [0.29, 0.717) is 24.0 Å². The van der Waals surface area contributed by atoms with E-state index in [4.69, 9.17) is 10.5 Å².